The molecule has 23 heavy (non-hydrogen) atoms. The maximum atomic E-state index is 13.0. The van der Waals surface area contributed by atoms with Gasteiger partial charge in [-0.3, -0.25) is 9.48 Å². The maximum absolute atomic E-state index is 13.0. The summed E-state index contributed by atoms with van der Waals surface area (Å²) in [6.45, 7) is 7.95. The van der Waals surface area contributed by atoms with Gasteiger partial charge in [0, 0.05) is 19.1 Å². The SMILES string of the molecule is CCC(CC)n1nc(C)cc1C(=O)N1CC2CCC(N)C2C1.Cl. The van der Waals surface area contributed by atoms with Gasteiger partial charge in [0.25, 0.3) is 5.91 Å². The van der Waals surface area contributed by atoms with Crippen LogP contribution in [0.3, 0.4) is 0 Å². The molecule has 1 saturated carbocycles. The van der Waals surface area contributed by atoms with Gasteiger partial charge in [0.1, 0.15) is 5.69 Å². The van der Waals surface area contributed by atoms with Crippen LogP contribution in [0, 0.1) is 18.8 Å². The molecule has 1 aromatic rings. The van der Waals surface area contributed by atoms with Crippen molar-refractivity contribution in [3.05, 3.63) is 17.5 Å². The normalized spacial score (nSPS) is 26.5. The number of amides is 1. The van der Waals surface area contributed by atoms with Crippen LogP contribution in [-0.2, 0) is 0 Å². The number of carbonyl (C=O) groups excluding carboxylic acids is 1. The number of hydrogen-bond donors (Lipinski definition) is 1. The van der Waals surface area contributed by atoms with Gasteiger partial charge in [-0.1, -0.05) is 13.8 Å². The number of halogens is 1. The van der Waals surface area contributed by atoms with Crippen LogP contribution in [0.5, 0.6) is 0 Å². The second-order valence-electron chi connectivity index (χ2n) is 6.96. The summed E-state index contributed by atoms with van der Waals surface area (Å²) in [7, 11) is 0. The van der Waals surface area contributed by atoms with Crippen LogP contribution in [0.25, 0.3) is 0 Å². The molecule has 130 valence electrons. The maximum Gasteiger partial charge on any atom is 0.272 e. The van der Waals surface area contributed by atoms with E-state index in [0.717, 1.165) is 43.7 Å². The van der Waals surface area contributed by atoms with Crippen molar-refractivity contribution in [1.29, 1.82) is 0 Å². The van der Waals surface area contributed by atoms with Crippen molar-refractivity contribution >= 4 is 18.3 Å². The van der Waals surface area contributed by atoms with E-state index in [-0.39, 0.29) is 24.4 Å². The average Bonchev–Trinajstić information content (AvgIpc) is 3.17. The highest BCUT2D eigenvalue weighted by atomic mass is 35.5. The smallest absolute Gasteiger partial charge is 0.272 e. The molecule has 0 spiro atoms. The monoisotopic (exact) mass is 340 g/mol. The number of aromatic nitrogens is 2. The molecular formula is C17H29ClN4O. The highest BCUT2D eigenvalue weighted by Crippen LogP contribution is 2.37. The van der Waals surface area contributed by atoms with Gasteiger partial charge in [-0.2, -0.15) is 5.10 Å². The summed E-state index contributed by atoms with van der Waals surface area (Å²) in [5.74, 6) is 1.23. The fraction of sp³-hybridized carbons (Fsp3) is 0.765. The second-order valence-corrected chi connectivity index (χ2v) is 6.96. The number of carbonyl (C=O) groups is 1. The van der Waals surface area contributed by atoms with Gasteiger partial charge in [-0.25, -0.2) is 0 Å². The van der Waals surface area contributed by atoms with E-state index in [1.165, 1.54) is 6.42 Å². The van der Waals surface area contributed by atoms with E-state index < -0.39 is 0 Å². The van der Waals surface area contributed by atoms with E-state index in [1.54, 1.807) is 0 Å². The van der Waals surface area contributed by atoms with Crippen LogP contribution in [0.4, 0.5) is 0 Å². The van der Waals surface area contributed by atoms with Crippen molar-refractivity contribution < 1.29 is 4.79 Å². The number of fused-ring (bicyclic) bond motifs is 1. The zero-order chi connectivity index (χ0) is 15.9. The lowest BCUT2D eigenvalue weighted by atomic mass is 9.98. The predicted octanol–water partition coefficient (Wildman–Crippen LogP) is 2.78. The zero-order valence-electron chi connectivity index (χ0n) is 14.4. The van der Waals surface area contributed by atoms with Crippen LogP contribution in [0.1, 0.15) is 61.8 Å². The summed E-state index contributed by atoms with van der Waals surface area (Å²) in [6.07, 6.45) is 4.27. The van der Waals surface area contributed by atoms with Crippen molar-refractivity contribution in [2.24, 2.45) is 17.6 Å². The molecule has 1 aliphatic carbocycles. The van der Waals surface area contributed by atoms with E-state index in [1.807, 2.05) is 22.6 Å². The van der Waals surface area contributed by atoms with Crippen molar-refractivity contribution in [2.45, 2.75) is 58.5 Å². The molecule has 5 nitrogen and oxygen atoms in total. The third-order valence-electron chi connectivity index (χ3n) is 5.56. The van der Waals surface area contributed by atoms with Gasteiger partial charge in [-0.15, -0.1) is 12.4 Å². The molecule has 3 unspecified atom stereocenters. The summed E-state index contributed by atoms with van der Waals surface area (Å²) in [4.78, 5) is 15.0. The number of likely N-dealkylation sites (tertiary alicyclic amines) is 1. The number of rotatable bonds is 4. The first-order valence-electron chi connectivity index (χ1n) is 8.66. The predicted molar refractivity (Wildman–Crippen MR) is 93.9 cm³/mol. The zero-order valence-corrected chi connectivity index (χ0v) is 15.2. The minimum Gasteiger partial charge on any atom is -0.337 e. The summed E-state index contributed by atoms with van der Waals surface area (Å²) >= 11 is 0. The summed E-state index contributed by atoms with van der Waals surface area (Å²) < 4.78 is 1.95. The molecule has 2 heterocycles. The molecule has 1 aromatic heterocycles. The molecule has 0 bridgehead atoms. The topological polar surface area (TPSA) is 64.2 Å². The third-order valence-corrected chi connectivity index (χ3v) is 5.56. The number of nitrogens with two attached hydrogens (primary N) is 1. The van der Waals surface area contributed by atoms with E-state index in [2.05, 4.69) is 18.9 Å². The van der Waals surface area contributed by atoms with E-state index >= 15 is 0 Å². The molecule has 0 aromatic carbocycles. The van der Waals surface area contributed by atoms with Crippen molar-refractivity contribution in [2.75, 3.05) is 13.1 Å². The van der Waals surface area contributed by atoms with Gasteiger partial charge in [0.2, 0.25) is 0 Å². The Labute approximate surface area is 145 Å². The van der Waals surface area contributed by atoms with Crippen LogP contribution in [0.15, 0.2) is 6.07 Å². The van der Waals surface area contributed by atoms with E-state index in [9.17, 15) is 4.79 Å². The first-order chi connectivity index (χ1) is 10.5. The lowest BCUT2D eigenvalue weighted by molar-refractivity contribution is 0.0763. The number of hydrogen-bond acceptors (Lipinski definition) is 3. The van der Waals surface area contributed by atoms with Crippen molar-refractivity contribution in [3.8, 4) is 0 Å². The molecule has 1 saturated heterocycles. The minimum atomic E-state index is 0. The molecule has 0 radical (unpaired) electrons. The van der Waals surface area contributed by atoms with Gasteiger partial charge in [0.05, 0.1) is 11.7 Å². The number of aryl methyl sites for hydroxylation is 1. The van der Waals surface area contributed by atoms with Gasteiger partial charge in [0.15, 0.2) is 0 Å². The Bertz CT molecular complexity index is 555. The quantitative estimate of drug-likeness (QED) is 0.916. The Morgan fingerprint density at radius 2 is 2.04 bits per heavy atom. The van der Waals surface area contributed by atoms with Crippen molar-refractivity contribution in [1.82, 2.24) is 14.7 Å². The van der Waals surface area contributed by atoms with Crippen LogP contribution in [-0.4, -0.2) is 39.7 Å². The van der Waals surface area contributed by atoms with Crippen molar-refractivity contribution in [3.63, 3.8) is 0 Å². The second kappa shape index (κ2) is 7.22. The lowest BCUT2D eigenvalue weighted by Crippen LogP contribution is -2.35. The molecular weight excluding hydrogens is 312 g/mol. The molecule has 1 amide bonds. The minimum absolute atomic E-state index is 0. The summed E-state index contributed by atoms with van der Waals surface area (Å²) in [5, 5.41) is 4.58. The number of nitrogens with zero attached hydrogens (tertiary/aromatic N) is 3. The van der Waals surface area contributed by atoms with Gasteiger partial charge < -0.3 is 10.6 Å². The Hall–Kier alpha value is -1.07. The molecule has 2 fully saturated rings. The highest BCUT2D eigenvalue weighted by molar-refractivity contribution is 5.93. The average molecular weight is 341 g/mol. The Morgan fingerprint density at radius 1 is 1.35 bits per heavy atom. The fourth-order valence-corrected chi connectivity index (χ4v) is 4.22. The van der Waals surface area contributed by atoms with Crippen LogP contribution in [0.2, 0.25) is 0 Å². The summed E-state index contributed by atoms with van der Waals surface area (Å²) in [6, 6.07) is 2.51. The molecule has 2 N–H and O–H groups in total. The fourth-order valence-electron chi connectivity index (χ4n) is 4.22. The van der Waals surface area contributed by atoms with Crippen LogP contribution >= 0.6 is 12.4 Å². The molecule has 3 atom stereocenters. The van der Waals surface area contributed by atoms with E-state index in [0.29, 0.717) is 17.9 Å². The first-order valence-corrected chi connectivity index (χ1v) is 8.66. The first kappa shape index (κ1) is 18.3. The Kier molecular flexibility index (Phi) is 5.74. The summed E-state index contributed by atoms with van der Waals surface area (Å²) in [5.41, 5.74) is 7.86. The standard InChI is InChI=1S/C17H28N4O.ClH/c1-4-13(5-2)21-16(8-11(3)19-21)17(22)20-9-12-6-7-15(18)14(12)10-20;/h8,12-15H,4-7,9-10,18H2,1-3H3;1H. The van der Waals surface area contributed by atoms with Gasteiger partial charge >= 0.3 is 0 Å². The largest absolute Gasteiger partial charge is 0.337 e. The highest BCUT2D eigenvalue weighted by Gasteiger charge is 2.43. The van der Waals surface area contributed by atoms with Crippen LogP contribution < -0.4 is 5.73 Å². The molecule has 2 aliphatic rings. The Balaban J connectivity index is 0.00000192. The van der Waals surface area contributed by atoms with Gasteiger partial charge in [-0.05, 0) is 50.5 Å². The molecule has 6 heteroatoms. The Morgan fingerprint density at radius 3 is 2.65 bits per heavy atom. The molecule has 1 aliphatic heterocycles. The third kappa shape index (κ3) is 3.26. The molecule has 3 rings (SSSR count). The lowest BCUT2D eigenvalue weighted by Gasteiger charge is -2.21. The van der Waals surface area contributed by atoms with E-state index in [4.69, 9.17) is 5.73 Å².